The van der Waals surface area contributed by atoms with E-state index >= 15 is 0 Å². The molecule has 1 unspecified atom stereocenters. The predicted molar refractivity (Wildman–Crippen MR) is 86.0 cm³/mol. The first-order chi connectivity index (χ1) is 10.7. The van der Waals surface area contributed by atoms with E-state index in [0.29, 0.717) is 5.69 Å². The molecule has 2 aromatic rings. The summed E-state index contributed by atoms with van der Waals surface area (Å²) in [6.45, 7) is 2.93. The zero-order valence-corrected chi connectivity index (χ0v) is 12.8. The Balaban J connectivity index is 1.77. The van der Waals surface area contributed by atoms with Crippen LogP contribution in [0, 0.1) is 5.82 Å². The maximum absolute atomic E-state index is 13.9. The Hall–Kier alpha value is -2.30. The average molecular weight is 301 g/mol. The van der Waals surface area contributed by atoms with Crippen molar-refractivity contribution in [2.75, 3.05) is 23.9 Å². The van der Waals surface area contributed by atoms with E-state index < -0.39 is 0 Å². The van der Waals surface area contributed by atoms with Crippen LogP contribution in [0.5, 0.6) is 5.75 Å². The smallest absolute Gasteiger partial charge is 0.164 e. The lowest BCUT2D eigenvalue weighted by Gasteiger charge is -2.28. The van der Waals surface area contributed by atoms with Crippen molar-refractivity contribution in [3.63, 3.8) is 0 Å². The minimum absolute atomic E-state index is 0.182. The van der Waals surface area contributed by atoms with E-state index in [1.54, 1.807) is 19.4 Å². The lowest BCUT2D eigenvalue weighted by molar-refractivity contribution is 0.415. The number of nitrogens with zero attached hydrogens (tertiary/aromatic N) is 2. The summed E-state index contributed by atoms with van der Waals surface area (Å²) in [5.41, 5.74) is 1.59. The molecule has 1 fully saturated rings. The number of methoxy groups -OCH3 is 1. The number of benzene rings is 1. The van der Waals surface area contributed by atoms with Gasteiger partial charge in [0, 0.05) is 24.8 Å². The fourth-order valence-corrected chi connectivity index (χ4v) is 3.04. The molecule has 0 aliphatic carbocycles. The van der Waals surface area contributed by atoms with Gasteiger partial charge in [-0.25, -0.2) is 4.39 Å². The zero-order chi connectivity index (χ0) is 15.5. The third kappa shape index (κ3) is 2.71. The van der Waals surface area contributed by atoms with Crippen LogP contribution in [-0.2, 0) is 0 Å². The molecule has 0 spiro atoms. The topological polar surface area (TPSA) is 37.4 Å². The first kappa shape index (κ1) is 14.6. The van der Waals surface area contributed by atoms with Gasteiger partial charge in [-0.05, 0) is 31.5 Å². The predicted octanol–water partition coefficient (Wildman–Crippen LogP) is 3.31. The maximum atomic E-state index is 13.9. The number of pyridine rings is 1. The number of nitrogens with one attached hydrogen (secondary N) is 1. The number of hydrogen-bond donors (Lipinski definition) is 1. The molecule has 3 rings (SSSR count). The second-order valence-corrected chi connectivity index (χ2v) is 5.50. The quantitative estimate of drug-likeness (QED) is 0.940. The molecular weight excluding hydrogens is 281 g/mol. The van der Waals surface area contributed by atoms with Gasteiger partial charge in [-0.3, -0.25) is 4.98 Å². The summed E-state index contributed by atoms with van der Waals surface area (Å²) in [7, 11) is 1.66. The SMILES string of the molecule is COc1ccccc1N[C@@H]1CCN(c2ccncc2F)C1C. The summed E-state index contributed by atoms with van der Waals surface area (Å²) >= 11 is 0. The van der Waals surface area contributed by atoms with Crippen LogP contribution in [0.2, 0.25) is 0 Å². The maximum Gasteiger partial charge on any atom is 0.164 e. The zero-order valence-electron chi connectivity index (χ0n) is 12.8. The summed E-state index contributed by atoms with van der Waals surface area (Å²) in [4.78, 5) is 5.90. The van der Waals surface area contributed by atoms with Gasteiger partial charge >= 0.3 is 0 Å². The number of rotatable bonds is 4. The normalized spacial score (nSPS) is 21.0. The van der Waals surface area contributed by atoms with Gasteiger partial charge in [-0.1, -0.05) is 12.1 Å². The average Bonchev–Trinajstić information content (AvgIpc) is 2.89. The summed E-state index contributed by atoms with van der Waals surface area (Å²) < 4.78 is 19.3. The van der Waals surface area contributed by atoms with Crippen molar-refractivity contribution in [2.24, 2.45) is 0 Å². The summed E-state index contributed by atoms with van der Waals surface area (Å²) in [5, 5.41) is 3.52. The van der Waals surface area contributed by atoms with Crippen LogP contribution in [0.25, 0.3) is 0 Å². The second kappa shape index (κ2) is 6.22. The second-order valence-electron chi connectivity index (χ2n) is 5.50. The van der Waals surface area contributed by atoms with E-state index in [2.05, 4.69) is 22.1 Å². The molecule has 0 amide bonds. The van der Waals surface area contributed by atoms with Crippen molar-refractivity contribution >= 4 is 11.4 Å². The highest BCUT2D eigenvalue weighted by Crippen LogP contribution is 2.31. The Bertz CT molecular complexity index is 649. The third-order valence-corrected chi connectivity index (χ3v) is 4.26. The van der Waals surface area contributed by atoms with Crippen LogP contribution in [0.15, 0.2) is 42.7 Å². The highest BCUT2D eigenvalue weighted by Gasteiger charge is 2.32. The van der Waals surface area contributed by atoms with Crippen molar-refractivity contribution in [1.29, 1.82) is 0 Å². The minimum atomic E-state index is -0.271. The third-order valence-electron chi connectivity index (χ3n) is 4.26. The van der Waals surface area contributed by atoms with Crippen molar-refractivity contribution in [1.82, 2.24) is 4.98 Å². The molecule has 2 heterocycles. The molecule has 0 bridgehead atoms. The minimum Gasteiger partial charge on any atom is -0.495 e. The van der Waals surface area contributed by atoms with Gasteiger partial charge < -0.3 is 15.0 Å². The fraction of sp³-hybridized carbons (Fsp3) is 0.353. The molecule has 1 N–H and O–H groups in total. The first-order valence-corrected chi connectivity index (χ1v) is 7.46. The van der Waals surface area contributed by atoms with Gasteiger partial charge in [0.2, 0.25) is 0 Å². The lowest BCUT2D eigenvalue weighted by atomic mass is 10.1. The molecule has 1 aromatic carbocycles. The number of anilines is 2. The van der Waals surface area contributed by atoms with Crippen LogP contribution in [0.1, 0.15) is 13.3 Å². The Morgan fingerprint density at radius 1 is 1.32 bits per heavy atom. The van der Waals surface area contributed by atoms with E-state index in [0.717, 1.165) is 24.4 Å². The van der Waals surface area contributed by atoms with Gasteiger partial charge in [0.15, 0.2) is 5.82 Å². The molecule has 1 aliphatic rings. The van der Waals surface area contributed by atoms with Crippen molar-refractivity contribution in [3.8, 4) is 5.75 Å². The van der Waals surface area contributed by atoms with E-state index in [1.165, 1.54) is 6.20 Å². The van der Waals surface area contributed by atoms with Crippen LogP contribution in [0.3, 0.4) is 0 Å². The molecule has 1 saturated heterocycles. The van der Waals surface area contributed by atoms with Gasteiger partial charge in [0.05, 0.1) is 24.7 Å². The Labute approximate surface area is 129 Å². The van der Waals surface area contributed by atoms with Crippen molar-refractivity contribution in [2.45, 2.75) is 25.4 Å². The summed E-state index contributed by atoms with van der Waals surface area (Å²) in [6.07, 6.45) is 3.84. The molecule has 0 saturated carbocycles. The highest BCUT2D eigenvalue weighted by molar-refractivity contribution is 5.58. The Morgan fingerprint density at radius 3 is 2.91 bits per heavy atom. The molecular formula is C17H20FN3O. The standard InChI is InChI=1S/C17H20FN3O/c1-12-14(20-15-5-3-4-6-17(15)22-2)8-10-21(12)16-7-9-19-11-13(16)18/h3-7,9,11-12,14,20H,8,10H2,1-2H3/t12?,14-/m1/s1. The van der Waals surface area contributed by atoms with Crippen molar-refractivity contribution in [3.05, 3.63) is 48.5 Å². The van der Waals surface area contributed by atoms with Gasteiger partial charge in [0.1, 0.15) is 5.75 Å². The van der Waals surface area contributed by atoms with Gasteiger partial charge in [0.25, 0.3) is 0 Å². The fourth-order valence-electron chi connectivity index (χ4n) is 3.04. The van der Waals surface area contributed by atoms with Crippen LogP contribution >= 0.6 is 0 Å². The number of hydrogen-bond acceptors (Lipinski definition) is 4. The molecule has 22 heavy (non-hydrogen) atoms. The van der Waals surface area contributed by atoms with Gasteiger partial charge in [-0.2, -0.15) is 0 Å². The molecule has 1 aromatic heterocycles. The van der Waals surface area contributed by atoms with Crippen LogP contribution < -0.4 is 15.0 Å². The largest absolute Gasteiger partial charge is 0.495 e. The first-order valence-electron chi connectivity index (χ1n) is 7.46. The van der Waals surface area contributed by atoms with Crippen LogP contribution in [-0.4, -0.2) is 30.7 Å². The molecule has 4 nitrogen and oxygen atoms in total. The number of halogens is 1. The van der Waals surface area contributed by atoms with E-state index in [4.69, 9.17) is 4.74 Å². The highest BCUT2D eigenvalue weighted by atomic mass is 19.1. The van der Waals surface area contributed by atoms with Crippen LogP contribution in [0.4, 0.5) is 15.8 Å². The van der Waals surface area contributed by atoms with E-state index in [9.17, 15) is 4.39 Å². The summed E-state index contributed by atoms with van der Waals surface area (Å²) in [6, 6.07) is 10.0. The monoisotopic (exact) mass is 301 g/mol. The summed E-state index contributed by atoms with van der Waals surface area (Å²) in [5.74, 6) is 0.551. The van der Waals surface area contributed by atoms with Gasteiger partial charge in [-0.15, -0.1) is 0 Å². The number of ether oxygens (including phenoxy) is 1. The Kier molecular flexibility index (Phi) is 4.13. The van der Waals surface area contributed by atoms with E-state index in [-0.39, 0.29) is 17.9 Å². The number of aromatic nitrogens is 1. The number of para-hydroxylation sites is 2. The molecule has 2 atom stereocenters. The molecule has 5 heteroatoms. The molecule has 0 radical (unpaired) electrons. The molecule has 116 valence electrons. The lowest BCUT2D eigenvalue weighted by Crippen LogP contribution is -2.36. The van der Waals surface area contributed by atoms with E-state index in [1.807, 2.05) is 24.3 Å². The molecule has 1 aliphatic heterocycles. The van der Waals surface area contributed by atoms with Crippen molar-refractivity contribution < 1.29 is 9.13 Å². The Morgan fingerprint density at radius 2 is 2.14 bits per heavy atom.